The van der Waals surface area contributed by atoms with Gasteiger partial charge in [-0.25, -0.2) is 0 Å². The molecule has 0 heterocycles. The van der Waals surface area contributed by atoms with E-state index in [1.807, 2.05) is 0 Å². The first-order chi connectivity index (χ1) is 8.14. The molecule has 0 bridgehead atoms. The molecule has 0 aromatic rings. The molecular formula is C11H17F6N. The van der Waals surface area contributed by atoms with Gasteiger partial charge in [0.2, 0.25) is 0 Å². The first-order valence-corrected chi connectivity index (χ1v) is 5.92. The zero-order chi connectivity index (χ0) is 14.0. The van der Waals surface area contributed by atoms with Gasteiger partial charge in [-0.2, -0.15) is 26.3 Å². The van der Waals surface area contributed by atoms with Crippen LogP contribution in [0.3, 0.4) is 0 Å². The molecule has 0 radical (unpaired) electrons. The van der Waals surface area contributed by atoms with E-state index in [1.165, 1.54) is 0 Å². The molecular weight excluding hydrogens is 260 g/mol. The average molecular weight is 277 g/mol. The zero-order valence-electron chi connectivity index (χ0n) is 10.0. The number of nitrogens with one attached hydrogen (secondary N) is 1. The van der Waals surface area contributed by atoms with E-state index in [-0.39, 0.29) is 12.8 Å². The van der Waals surface area contributed by atoms with Gasteiger partial charge in [0.05, 0.1) is 11.8 Å². The average Bonchev–Trinajstić information content (AvgIpc) is 2.23. The number of rotatable bonds is 3. The maximum atomic E-state index is 12.6. The predicted molar refractivity (Wildman–Crippen MR) is 55.0 cm³/mol. The summed E-state index contributed by atoms with van der Waals surface area (Å²) in [5.74, 6) is -4.15. The second-order valence-electron chi connectivity index (χ2n) is 4.94. The molecule has 2 unspecified atom stereocenters. The second-order valence-corrected chi connectivity index (χ2v) is 4.94. The lowest BCUT2D eigenvalue weighted by Gasteiger charge is -2.36. The van der Waals surface area contributed by atoms with Gasteiger partial charge in [-0.1, -0.05) is 0 Å². The molecule has 1 aliphatic rings. The lowest BCUT2D eigenvalue weighted by molar-refractivity contribution is -0.228. The Labute approximate surface area is 102 Å². The summed E-state index contributed by atoms with van der Waals surface area (Å²) in [6.07, 6.45) is -9.88. The smallest absolute Gasteiger partial charge is 0.320 e. The topological polar surface area (TPSA) is 12.0 Å². The van der Waals surface area contributed by atoms with Crippen molar-refractivity contribution < 1.29 is 26.3 Å². The van der Waals surface area contributed by atoms with Gasteiger partial charge in [0.15, 0.2) is 0 Å². The lowest BCUT2D eigenvalue weighted by Crippen LogP contribution is -2.38. The van der Waals surface area contributed by atoms with Crippen LogP contribution in [0.15, 0.2) is 0 Å². The monoisotopic (exact) mass is 277 g/mol. The fourth-order valence-corrected chi connectivity index (χ4v) is 2.56. The highest BCUT2D eigenvalue weighted by atomic mass is 19.4. The fourth-order valence-electron chi connectivity index (χ4n) is 2.56. The van der Waals surface area contributed by atoms with Crippen molar-refractivity contribution in [3.05, 3.63) is 0 Å². The molecule has 1 fully saturated rings. The van der Waals surface area contributed by atoms with Gasteiger partial charge >= 0.3 is 12.4 Å². The van der Waals surface area contributed by atoms with Crippen LogP contribution in [0.1, 0.15) is 25.7 Å². The van der Waals surface area contributed by atoms with Crippen molar-refractivity contribution in [2.75, 3.05) is 13.6 Å². The van der Waals surface area contributed by atoms with Crippen LogP contribution < -0.4 is 5.32 Å². The minimum absolute atomic E-state index is 0.183. The Balaban J connectivity index is 2.73. The van der Waals surface area contributed by atoms with Crippen molar-refractivity contribution in [2.45, 2.75) is 38.0 Å². The van der Waals surface area contributed by atoms with Crippen molar-refractivity contribution >= 4 is 0 Å². The minimum Gasteiger partial charge on any atom is -0.320 e. The molecule has 7 heteroatoms. The van der Waals surface area contributed by atoms with Gasteiger partial charge in [0.25, 0.3) is 0 Å². The van der Waals surface area contributed by atoms with Gasteiger partial charge in [-0.05, 0) is 45.2 Å². The Morgan fingerprint density at radius 2 is 1.33 bits per heavy atom. The molecule has 108 valence electrons. The number of alkyl halides is 6. The van der Waals surface area contributed by atoms with E-state index in [0.29, 0.717) is 13.0 Å². The summed E-state index contributed by atoms with van der Waals surface area (Å²) in [7, 11) is 1.63. The van der Waals surface area contributed by atoms with Crippen LogP contribution in [-0.2, 0) is 0 Å². The summed E-state index contributed by atoms with van der Waals surface area (Å²) in [5, 5.41) is 2.76. The van der Waals surface area contributed by atoms with Crippen molar-refractivity contribution in [3.63, 3.8) is 0 Å². The van der Waals surface area contributed by atoms with Crippen molar-refractivity contribution in [1.29, 1.82) is 0 Å². The zero-order valence-corrected chi connectivity index (χ0v) is 10.0. The molecule has 18 heavy (non-hydrogen) atoms. The third kappa shape index (κ3) is 4.33. The largest absolute Gasteiger partial charge is 0.391 e. The Morgan fingerprint density at radius 3 is 1.67 bits per heavy atom. The van der Waals surface area contributed by atoms with E-state index >= 15 is 0 Å². The van der Waals surface area contributed by atoms with E-state index in [4.69, 9.17) is 0 Å². The van der Waals surface area contributed by atoms with E-state index in [9.17, 15) is 26.3 Å². The van der Waals surface area contributed by atoms with Crippen LogP contribution in [0.25, 0.3) is 0 Å². The fraction of sp³-hybridized carbons (Fsp3) is 1.00. The van der Waals surface area contributed by atoms with Crippen LogP contribution in [0.2, 0.25) is 0 Å². The van der Waals surface area contributed by atoms with E-state index in [1.54, 1.807) is 7.05 Å². The first kappa shape index (κ1) is 15.6. The Morgan fingerprint density at radius 1 is 0.889 bits per heavy atom. The number of halogens is 6. The molecule has 2 atom stereocenters. The molecule has 1 aliphatic carbocycles. The van der Waals surface area contributed by atoms with Gasteiger partial charge in [0, 0.05) is 0 Å². The SMILES string of the molecule is CNCCC1CC(C(F)(F)F)CC(C(F)(F)F)C1. The highest BCUT2D eigenvalue weighted by Crippen LogP contribution is 2.48. The normalized spacial score (nSPS) is 30.5. The summed E-state index contributed by atoms with van der Waals surface area (Å²) >= 11 is 0. The summed E-state index contributed by atoms with van der Waals surface area (Å²) in [5.41, 5.74) is 0. The van der Waals surface area contributed by atoms with E-state index in [0.717, 1.165) is 0 Å². The molecule has 1 N–H and O–H groups in total. The first-order valence-electron chi connectivity index (χ1n) is 5.92. The molecule has 0 aromatic heterocycles. The van der Waals surface area contributed by atoms with Gasteiger partial charge < -0.3 is 5.32 Å². The Kier molecular flexibility index (Phi) is 4.91. The molecule has 0 saturated heterocycles. The summed E-state index contributed by atoms with van der Waals surface area (Å²) in [6, 6.07) is 0. The van der Waals surface area contributed by atoms with E-state index in [2.05, 4.69) is 5.32 Å². The van der Waals surface area contributed by atoms with Crippen molar-refractivity contribution in [3.8, 4) is 0 Å². The second kappa shape index (κ2) is 5.67. The summed E-state index contributed by atoms with van der Waals surface area (Å²) in [6.45, 7) is 0.444. The van der Waals surface area contributed by atoms with Crippen LogP contribution >= 0.6 is 0 Å². The molecule has 1 saturated carbocycles. The third-order valence-corrected chi connectivity index (χ3v) is 3.53. The summed E-state index contributed by atoms with van der Waals surface area (Å²) < 4.78 is 75.7. The maximum absolute atomic E-state index is 12.6. The van der Waals surface area contributed by atoms with Crippen LogP contribution in [-0.4, -0.2) is 25.9 Å². The molecule has 0 amide bonds. The standard InChI is InChI=1S/C11H17F6N/c1-18-3-2-7-4-8(10(12,13)14)6-9(5-7)11(15,16)17/h7-9,18H,2-6H2,1H3. The highest BCUT2D eigenvalue weighted by molar-refractivity contribution is 4.86. The number of hydrogen-bond donors (Lipinski definition) is 1. The highest BCUT2D eigenvalue weighted by Gasteiger charge is 2.51. The van der Waals surface area contributed by atoms with E-state index < -0.39 is 36.5 Å². The minimum atomic E-state index is -4.53. The van der Waals surface area contributed by atoms with Gasteiger partial charge in [0.1, 0.15) is 0 Å². The van der Waals surface area contributed by atoms with Crippen molar-refractivity contribution in [1.82, 2.24) is 5.32 Å². The lowest BCUT2D eigenvalue weighted by atomic mass is 9.73. The molecule has 0 aromatic carbocycles. The Hall–Kier alpha value is -0.460. The van der Waals surface area contributed by atoms with Crippen LogP contribution in [0.5, 0.6) is 0 Å². The van der Waals surface area contributed by atoms with Crippen LogP contribution in [0, 0.1) is 17.8 Å². The predicted octanol–water partition coefficient (Wildman–Crippen LogP) is 3.75. The molecule has 0 aliphatic heterocycles. The molecule has 0 spiro atoms. The van der Waals surface area contributed by atoms with Gasteiger partial charge in [-0.15, -0.1) is 0 Å². The van der Waals surface area contributed by atoms with Crippen molar-refractivity contribution in [2.24, 2.45) is 17.8 Å². The molecule has 1 rings (SSSR count). The molecule has 1 nitrogen and oxygen atoms in total. The third-order valence-electron chi connectivity index (χ3n) is 3.53. The van der Waals surface area contributed by atoms with Crippen LogP contribution in [0.4, 0.5) is 26.3 Å². The number of hydrogen-bond acceptors (Lipinski definition) is 1. The quantitative estimate of drug-likeness (QED) is 0.775. The maximum Gasteiger partial charge on any atom is 0.391 e. The summed E-state index contributed by atoms with van der Waals surface area (Å²) in [4.78, 5) is 0. The van der Waals surface area contributed by atoms with Gasteiger partial charge in [-0.3, -0.25) is 0 Å². The Bertz CT molecular complexity index is 237.